The average molecular weight is 254 g/mol. The van der Waals surface area contributed by atoms with E-state index in [2.05, 4.69) is 5.32 Å². The van der Waals surface area contributed by atoms with Crippen molar-refractivity contribution in [1.82, 2.24) is 10.2 Å². The van der Waals surface area contributed by atoms with Gasteiger partial charge in [-0.2, -0.15) is 13.2 Å². The summed E-state index contributed by atoms with van der Waals surface area (Å²) in [5.41, 5.74) is 0. The molecule has 1 atom stereocenters. The molecule has 1 aliphatic rings. The molecule has 0 aromatic rings. The molecule has 1 amide bonds. The Morgan fingerprint density at radius 2 is 2.00 bits per heavy atom. The van der Waals surface area contributed by atoms with E-state index in [0.29, 0.717) is 26.3 Å². The van der Waals surface area contributed by atoms with E-state index in [1.807, 2.05) is 0 Å². The van der Waals surface area contributed by atoms with Gasteiger partial charge in [-0.05, 0) is 6.92 Å². The summed E-state index contributed by atoms with van der Waals surface area (Å²) >= 11 is 0. The van der Waals surface area contributed by atoms with Crippen LogP contribution in [0.25, 0.3) is 0 Å². The van der Waals surface area contributed by atoms with E-state index in [1.165, 1.54) is 6.92 Å². The zero-order chi connectivity index (χ0) is 12.9. The van der Waals surface area contributed by atoms with Crippen LogP contribution in [0.1, 0.15) is 13.3 Å². The molecule has 1 unspecified atom stereocenters. The van der Waals surface area contributed by atoms with Gasteiger partial charge >= 0.3 is 6.18 Å². The summed E-state index contributed by atoms with van der Waals surface area (Å²) in [5, 5.41) is 2.58. The fourth-order valence-electron chi connectivity index (χ4n) is 1.61. The Morgan fingerprint density at radius 1 is 1.41 bits per heavy atom. The lowest BCUT2D eigenvalue weighted by Crippen LogP contribution is -2.46. The fraction of sp³-hybridized carbons (Fsp3) is 0.900. The SMILES string of the molecule is CC(CC(F)(F)F)NCC(=O)N1CCOCC1. The first-order chi connectivity index (χ1) is 7.88. The monoisotopic (exact) mass is 254 g/mol. The third-order valence-electron chi connectivity index (χ3n) is 2.50. The third-order valence-corrected chi connectivity index (χ3v) is 2.50. The van der Waals surface area contributed by atoms with Crippen molar-refractivity contribution in [2.45, 2.75) is 25.6 Å². The molecule has 0 aromatic heterocycles. The Hall–Kier alpha value is -0.820. The number of carbonyl (C=O) groups is 1. The van der Waals surface area contributed by atoms with E-state index in [1.54, 1.807) is 4.90 Å². The lowest BCUT2D eigenvalue weighted by molar-refractivity contribution is -0.142. The molecule has 1 fully saturated rings. The van der Waals surface area contributed by atoms with Crippen LogP contribution >= 0.6 is 0 Å². The molecule has 0 saturated carbocycles. The molecule has 1 rings (SSSR count). The molecule has 0 aliphatic carbocycles. The van der Waals surface area contributed by atoms with Crippen molar-refractivity contribution >= 4 is 5.91 Å². The zero-order valence-corrected chi connectivity index (χ0v) is 9.72. The van der Waals surface area contributed by atoms with Gasteiger partial charge in [-0.15, -0.1) is 0 Å². The van der Waals surface area contributed by atoms with Gasteiger partial charge in [0.1, 0.15) is 0 Å². The van der Waals surface area contributed by atoms with E-state index in [-0.39, 0.29) is 12.5 Å². The first kappa shape index (κ1) is 14.2. The topological polar surface area (TPSA) is 41.6 Å². The molecule has 1 aliphatic heterocycles. The summed E-state index contributed by atoms with van der Waals surface area (Å²) in [6.07, 6.45) is -5.13. The minimum absolute atomic E-state index is 0.0583. The van der Waals surface area contributed by atoms with Crippen LogP contribution in [-0.2, 0) is 9.53 Å². The van der Waals surface area contributed by atoms with Crippen LogP contribution in [0.2, 0.25) is 0 Å². The molecule has 0 radical (unpaired) electrons. The normalized spacial score (nSPS) is 19.2. The van der Waals surface area contributed by atoms with E-state index < -0.39 is 18.6 Å². The first-order valence-corrected chi connectivity index (χ1v) is 5.54. The van der Waals surface area contributed by atoms with Crippen LogP contribution in [0.5, 0.6) is 0 Å². The van der Waals surface area contributed by atoms with E-state index in [9.17, 15) is 18.0 Å². The van der Waals surface area contributed by atoms with Gasteiger partial charge in [0.15, 0.2) is 0 Å². The van der Waals surface area contributed by atoms with Crippen LogP contribution in [0.15, 0.2) is 0 Å². The van der Waals surface area contributed by atoms with Crippen molar-refractivity contribution in [3.63, 3.8) is 0 Å². The summed E-state index contributed by atoms with van der Waals surface area (Å²) in [6, 6.07) is -0.750. The molecular weight excluding hydrogens is 237 g/mol. The maximum absolute atomic E-state index is 12.0. The van der Waals surface area contributed by atoms with Crippen LogP contribution in [-0.4, -0.2) is 55.9 Å². The van der Waals surface area contributed by atoms with Crippen LogP contribution < -0.4 is 5.32 Å². The number of hydrogen-bond donors (Lipinski definition) is 1. The highest BCUT2D eigenvalue weighted by Gasteiger charge is 2.30. The minimum atomic E-state index is -4.20. The largest absolute Gasteiger partial charge is 0.390 e. The van der Waals surface area contributed by atoms with E-state index in [0.717, 1.165) is 0 Å². The van der Waals surface area contributed by atoms with Crippen molar-refractivity contribution < 1.29 is 22.7 Å². The van der Waals surface area contributed by atoms with Gasteiger partial charge in [0.05, 0.1) is 26.2 Å². The predicted octanol–water partition coefficient (Wildman–Crippen LogP) is 0.776. The smallest absolute Gasteiger partial charge is 0.378 e. The lowest BCUT2D eigenvalue weighted by Gasteiger charge is -2.27. The average Bonchev–Trinajstić information content (AvgIpc) is 2.25. The maximum Gasteiger partial charge on any atom is 0.390 e. The zero-order valence-electron chi connectivity index (χ0n) is 9.72. The number of hydrogen-bond acceptors (Lipinski definition) is 3. The Kier molecular flexibility index (Phi) is 5.20. The molecule has 0 bridgehead atoms. The van der Waals surface area contributed by atoms with Crippen LogP contribution in [0.3, 0.4) is 0 Å². The maximum atomic E-state index is 12.0. The molecule has 1 N–H and O–H groups in total. The molecule has 1 heterocycles. The van der Waals surface area contributed by atoms with Gasteiger partial charge < -0.3 is 15.0 Å². The van der Waals surface area contributed by atoms with Crippen molar-refractivity contribution in [3.05, 3.63) is 0 Å². The number of morpholine rings is 1. The number of amides is 1. The Morgan fingerprint density at radius 3 is 2.53 bits per heavy atom. The minimum Gasteiger partial charge on any atom is -0.378 e. The number of nitrogens with one attached hydrogen (secondary N) is 1. The Labute approximate surface area is 98.1 Å². The quantitative estimate of drug-likeness (QED) is 0.806. The molecule has 0 aromatic carbocycles. The first-order valence-electron chi connectivity index (χ1n) is 5.54. The van der Waals surface area contributed by atoms with Crippen LogP contribution in [0.4, 0.5) is 13.2 Å². The fourth-order valence-corrected chi connectivity index (χ4v) is 1.61. The van der Waals surface area contributed by atoms with Crippen molar-refractivity contribution in [2.75, 3.05) is 32.8 Å². The molecule has 0 spiro atoms. The molecule has 100 valence electrons. The Balaban J connectivity index is 2.22. The van der Waals surface area contributed by atoms with Crippen LogP contribution in [0, 0.1) is 0 Å². The number of ether oxygens (including phenoxy) is 1. The summed E-state index contributed by atoms with van der Waals surface area (Å²) in [5.74, 6) is -0.178. The highest BCUT2D eigenvalue weighted by atomic mass is 19.4. The standard InChI is InChI=1S/C10H17F3N2O2/c1-8(6-10(11,12)13)14-7-9(16)15-2-4-17-5-3-15/h8,14H,2-7H2,1H3. The summed E-state index contributed by atoms with van der Waals surface area (Å²) in [4.78, 5) is 13.2. The second-order valence-corrected chi connectivity index (χ2v) is 4.09. The number of carbonyl (C=O) groups excluding carboxylic acids is 1. The van der Waals surface area contributed by atoms with Gasteiger partial charge in [0.25, 0.3) is 0 Å². The third kappa shape index (κ3) is 5.88. The molecule has 1 saturated heterocycles. The number of rotatable bonds is 4. The van der Waals surface area contributed by atoms with Gasteiger partial charge in [-0.3, -0.25) is 4.79 Å². The van der Waals surface area contributed by atoms with Crippen molar-refractivity contribution in [3.8, 4) is 0 Å². The summed E-state index contributed by atoms with van der Waals surface area (Å²) in [6.45, 7) is 3.35. The predicted molar refractivity (Wildman–Crippen MR) is 55.5 cm³/mol. The van der Waals surface area contributed by atoms with Crippen molar-refractivity contribution in [2.24, 2.45) is 0 Å². The summed E-state index contributed by atoms with van der Waals surface area (Å²) in [7, 11) is 0. The number of nitrogens with zero attached hydrogens (tertiary/aromatic N) is 1. The highest BCUT2D eigenvalue weighted by Crippen LogP contribution is 2.21. The molecule has 4 nitrogen and oxygen atoms in total. The molecular formula is C10H17F3N2O2. The number of alkyl halides is 3. The summed E-state index contributed by atoms with van der Waals surface area (Å²) < 4.78 is 41.2. The van der Waals surface area contributed by atoms with E-state index in [4.69, 9.17) is 4.74 Å². The van der Waals surface area contributed by atoms with E-state index >= 15 is 0 Å². The molecule has 17 heavy (non-hydrogen) atoms. The van der Waals surface area contributed by atoms with Gasteiger partial charge in [0, 0.05) is 19.1 Å². The van der Waals surface area contributed by atoms with Gasteiger partial charge in [-0.25, -0.2) is 0 Å². The second kappa shape index (κ2) is 6.20. The van der Waals surface area contributed by atoms with Gasteiger partial charge in [0.2, 0.25) is 5.91 Å². The number of halogens is 3. The Bertz CT molecular complexity index is 252. The van der Waals surface area contributed by atoms with Gasteiger partial charge in [-0.1, -0.05) is 0 Å². The van der Waals surface area contributed by atoms with Crippen molar-refractivity contribution in [1.29, 1.82) is 0 Å². The highest BCUT2D eigenvalue weighted by molar-refractivity contribution is 5.78. The second-order valence-electron chi connectivity index (χ2n) is 4.09. The molecule has 7 heteroatoms. The lowest BCUT2D eigenvalue weighted by atomic mass is 10.2.